The average Bonchev–Trinajstić information content (AvgIpc) is 3.24. The number of halogens is 3. The quantitative estimate of drug-likeness (QED) is 0.653. The van der Waals surface area contributed by atoms with E-state index in [1.54, 1.807) is 6.07 Å². The summed E-state index contributed by atoms with van der Waals surface area (Å²) in [4.78, 5) is 0. The van der Waals surface area contributed by atoms with Crippen LogP contribution in [-0.2, 0) is 0 Å². The number of hydrogen-bond acceptors (Lipinski definition) is 1. The monoisotopic (exact) mass is 401 g/mol. The molecule has 20 heavy (non-hydrogen) atoms. The van der Waals surface area contributed by atoms with Gasteiger partial charge in [0, 0.05) is 14.3 Å². The van der Waals surface area contributed by atoms with Crippen molar-refractivity contribution in [3.63, 3.8) is 0 Å². The summed E-state index contributed by atoms with van der Waals surface area (Å²) >= 11 is 8.12. The minimum absolute atomic E-state index is 0.200. The van der Waals surface area contributed by atoms with Crippen LogP contribution in [0.3, 0.4) is 0 Å². The zero-order valence-corrected chi connectivity index (χ0v) is 13.7. The van der Waals surface area contributed by atoms with Crippen molar-refractivity contribution in [1.29, 1.82) is 0 Å². The van der Waals surface area contributed by atoms with Crippen LogP contribution < -0.4 is 5.32 Å². The molecule has 1 aliphatic rings. The summed E-state index contributed by atoms with van der Waals surface area (Å²) in [5.74, 6) is 0.450. The number of rotatable bonds is 4. The van der Waals surface area contributed by atoms with Crippen molar-refractivity contribution < 1.29 is 4.39 Å². The van der Waals surface area contributed by atoms with E-state index in [0.29, 0.717) is 5.92 Å². The van der Waals surface area contributed by atoms with Gasteiger partial charge in [0.15, 0.2) is 0 Å². The first kappa shape index (κ1) is 14.1. The zero-order chi connectivity index (χ0) is 14.1. The molecule has 1 unspecified atom stereocenters. The van der Waals surface area contributed by atoms with Gasteiger partial charge in [0.05, 0.1) is 6.04 Å². The lowest BCUT2D eigenvalue weighted by Crippen LogP contribution is -2.13. The minimum atomic E-state index is -0.200. The Hall–Kier alpha value is -0.810. The van der Waals surface area contributed by atoms with Gasteiger partial charge in [-0.3, -0.25) is 0 Å². The average molecular weight is 402 g/mol. The van der Waals surface area contributed by atoms with Crippen LogP contribution in [0.4, 0.5) is 10.1 Å². The molecule has 1 aliphatic carbocycles. The summed E-state index contributed by atoms with van der Waals surface area (Å²) in [7, 11) is 0. The Morgan fingerprint density at radius 3 is 2.45 bits per heavy atom. The van der Waals surface area contributed by atoms with E-state index in [1.807, 2.05) is 18.2 Å². The van der Waals surface area contributed by atoms with Gasteiger partial charge in [-0.05, 0) is 77.2 Å². The second-order valence-electron chi connectivity index (χ2n) is 5.14. The van der Waals surface area contributed by atoms with Crippen LogP contribution in [0.2, 0.25) is 5.02 Å². The standard InChI is InChI=1S/C16H14ClFIN/c17-12-5-3-11(4-6-12)16(10-1-2-10)20-15-8-7-13(18)9-14(15)19/h3-10,16,20H,1-2H2. The molecule has 1 N–H and O–H groups in total. The number of benzene rings is 2. The van der Waals surface area contributed by atoms with Gasteiger partial charge >= 0.3 is 0 Å². The van der Waals surface area contributed by atoms with Gasteiger partial charge in [0.2, 0.25) is 0 Å². The Labute approximate surface area is 136 Å². The number of hydrogen-bond donors (Lipinski definition) is 1. The highest BCUT2D eigenvalue weighted by molar-refractivity contribution is 14.1. The van der Waals surface area contributed by atoms with Crippen LogP contribution in [0.15, 0.2) is 42.5 Å². The topological polar surface area (TPSA) is 12.0 Å². The molecule has 1 atom stereocenters. The second-order valence-corrected chi connectivity index (χ2v) is 6.73. The van der Waals surface area contributed by atoms with Gasteiger partial charge in [0.1, 0.15) is 5.82 Å². The molecule has 4 heteroatoms. The van der Waals surface area contributed by atoms with Crippen LogP contribution >= 0.6 is 34.2 Å². The van der Waals surface area contributed by atoms with Crippen molar-refractivity contribution >= 4 is 39.9 Å². The maximum absolute atomic E-state index is 13.2. The molecule has 2 aromatic rings. The predicted molar refractivity (Wildman–Crippen MR) is 89.7 cm³/mol. The molecule has 0 saturated heterocycles. The van der Waals surface area contributed by atoms with E-state index in [9.17, 15) is 4.39 Å². The molecule has 1 saturated carbocycles. The third-order valence-electron chi connectivity index (χ3n) is 3.56. The van der Waals surface area contributed by atoms with Crippen molar-refractivity contribution in [2.24, 2.45) is 5.92 Å². The molecule has 3 rings (SSSR count). The lowest BCUT2D eigenvalue weighted by Gasteiger charge is -2.21. The molecule has 2 aromatic carbocycles. The highest BCUT2D eigenvalue weighted by atomic mass is 127. The summed E-state index contributed by atoms with van der Waals surface area (Å²) in [6.45, 7) is 0. The van der Waals surface area contributed by atoms with Gasteiger partial charge < -0.3 is 5.32 Å². The van der Waals surface area contributed by atoms with E-state index < -0.39 is 0 Å². The zero-order valence-electron chi connectivity index (χ0n) is 10.7. The van der Waals surface area contributed by atoms with Crippen molar-refractivity contribution in [2.45, 2.75) is 18.9 Å². The first-order valence-electron chi connectivity index (χ1n) is 6.60. The highest BCUT2D eigenvalue weighted by Gasteiger charge is 2.32. The minimum Gasteiger partial charge on any atom is -0.377 e. The Bertz CT molecular complexity index is 610. The van der Waals surface area contributed by atoms with Gasteiger partial charge in [-0.25, -0.2) is 4.39 Å². The smallest absolute Gasteiger partial charge is 0.124 e. The van der Waals surface area contributed by atoms with Crippen LogP contribution in [0.5, 0.6) is 0 Å². The first-order chi connectivity index (χ1) is 9.63. The highest BCUT2D eigenvalue weighted by Crippen LogP contribution is 2.43. The summed E-state index contributed by atoms with van der Waals surface area (Å²) in [6.07, 6.45) is 2.47. The first-order valence-corrected chi connectivity index (χ1v) is 8.06. The van der Waals surface area contributed by atoms with Crippen molar-refractivity contribution in [3.8, 4) is 0 Å². The number of anilines is 1. The van der Waals surface area contributed by atoms with Crippen LogP contribution in [-0.4, -0.2) is 0 Å². The third kappa shape index (κ3) is 3.26. The van der Waals surface area contributed by atoms with Gasteiger partial charge in [-0.2, -0.15) is 0 Å². The van der Waals surface area contributed by atoms with Gasteiger partial charge in [-0.1, -0.05) is 23.7 Å². The molecule has 0 spiro atoms. The molecule has 1 fully saturated rings. The molecule has 0 aliphatic heterocycles. The SMILES string of the molecule is Fc1ccc(NC(c2ccc(Cl)cc2)C2CC2)c(I)c1. The summed E-state index contributed by atoms with van der Waals surface area (Å²) in [5.41, 5.74) is 2.22. The predicted octanol–water partition coefficient (Wildman–Crippen LogP) is 5.65. The fourth-order valence-electron chi connectivity index (χ4n) is 2.35. The fourth-order valence-corrected chi connectivity index (χ4v) is 3.11. The Morgan fingerprint density at radius 1 is 1.15 bits per heavy atom. The molecule has 0 amide bonds. The molecule has 1 nitrogen and oxygen atoms in total. The summed E-state index contributed by atoms with van der Waals surface area (Å²) < 4.78 is 14.1. The largest absolute Gasteiger partial charge is 0.377 e. The lowest BCUT2D eigenvalue weighted by molar-refractivity contribution is 0.626. The molecule has 0 aromatic heterocycles. The van der Waals surface area contributed by atoms with Crippen LogP contribution in [0.25, 0.3) is 0 Å². The molecule has 104 valence electrons. The normalized spacial score (nSPS) is 15.9. The molecule has 0 heterocycles. The maximum atomic E-state index is 13.2. The Balaban J connectivity index is 1.86. The van der Waals surface area contributed by atoms with Gasteiger partial charge in [-0.15, -0.1) is 0 Å². The number of nitrogens with one attached hydrogen (secondary N) is 1. The summed E-state index contributed by atoms with van der Waals surface area (Å²) in [6, 6.07) is 13.1. The van der Waals surface area contributed by atoms with E-state index in [-0.39, 0.29) is 11.9 Å². The fraction of sp³-hybridized carbons (Fsp3) is 0.250. The molecular weight excluding hydrogens is 388 g/mol. The van der Waals surface area contributed by atoms with E-state index in [0.717, 1.165) is 14.3 Å². The van der Waals surface area contributed by atoms with Gasteiger partial charge in [0.25, 0.3) is 0 Å². The van der Waals surface area contributed by atoms with E-state index >= 15 is 0 Å². The van der Waals surface area contributed by atoms with E-state index in [4.69, 9.17) is 11.6 Å². The molecular formula is C16H14ClFIN. The van der Waals surface area contributed by atoms with Crippen molar-refractivity contribution in [2.75, 3.05) is 5.32 Å². The van der Waals surface area contributed by atoms with Crippen molar-refractivity contribution in [1.82, 2.24) is 0 Å². The van der Waals surface area contributed by atoms with E-state index in [2.05, 4.69) is 40.0 Å². The second kappa shape index (κ2) is 5.90. The Kier molecular flexibility index (Phi) is 4.17. The third-order valence-corrected chi connectivity index (χ3v) is 4.71. The van der Waals surface area contributed by atoms with Crippen LogP contribution in [0, 0.1) is 15.3 Å². The van der Waals surface area contributed by atoms with Crippen molar-refractivity contribution in [3.05, 3.63) is 62.4 Å². The lowest BCUT2D eigenvalue weighted by atomic mass is 10.0. The van der Waals surface area contributed by atoms with Crippen LogP contribution in [0.1, 0.15) is 24.4 Å². The molecule has 0 radical (unpaired) electrons. The van der Waals surface area contributed by atoms with E-state index in [1.165, 1.54) is 24.5 Å². The maximum Gasteiger partial charge on any atom is 0.124 e. The molecule has 0 bridgehead atoms. The Morgan fingerprint density at radius 2 is 1.85 bits per heavy atom. The summed E-state index contributed by atoms with van der Waals surface area (Å²) in [5, 5.41) is 4.30.